The summed E-state index contributed by atoms with van der Waals surface area (Å²) >= 11 is 0. The molecule has 76 valence electrons. The smallest absolute Gasteiger partial charge is 0.292 e. The normalized spacial score (nSPS) is 9.79. The molecule has 0 fully saturated rings. The first-order valence-corrected chi connectivity index (χ1v) is 3.81. The molecule has 0 aliphatic heterocycles. The summed E-state index contributed by atoms with van der Waals surface area (Å²) in [7, 11) is 1.48. The molecular weight excluding hydrogens is 188 g/mol. The van der Waals surface area contributed by atoms with E-state index in [-0.39, 0.29) is 18.2 Å². The second-order valence-corrected chi connectivity index (χ2v) is 2.53. The lowest BCUT2D eigenvalue weighted by Gasteiger charge is -2.04. The van der Waals surface area contributed by atoms with E-state index in [1.165, 1.54) is 25.3 Å². The van der Waals surface area contributed by atoms with Crippen LogP contribution in [0.25, 0.3) is 0 Å². The van der Waals surface area contributed by atoms with Crippen LogP contribution in [0.5, 0.6) is 5.75 Å². The van der Waals surface area contributed by atoms with Gasteiger partial charge in [-0.05, 0) is 6.07 Å². The fraction of sp³-hybridized carbons (Fsp3) is 0.250. The Labute approximate surface area is 80.4 Å². The fourth-order valence-electron chi connectivity index (χ4n) is 0.916. The highest BCUT2D eigenvalue weighted by Gasteiger charge is 2.11. The maximum Gasteiger partial charge on any atom is 0.292 e. The van der Waals surface area contributed by atoms with Crippen molar-refractivity contribution in [1.82, 2.24) is 0 Å². The number of nitrogen functional groups attached to an aromatic ring is 1. The summed E-state index contributed by atoms with van der Waals surface area (Å²) in [4.78, 5) is 9.86. The number of nitro groups is 1. The van der Waals surface area contributed by atoms with Gasteiger partial charge < -0.3 is 15.2 Å². The third-order valence-corrected chi connectivity index (χ3v) is 1.54. The summed E-state index contributed by atoms with van der Waals surface area (Å²) < 4.78 is 9.71. The van der Waals surface area contributed by atoms with E-state index in [2.05, 4.69) is 4.74 Å². The van der Waals surface area contributed by atoms with Crippen molar-refractivity contribution in [2.24, 2.45) is 0 Å². The molecule has 0 aliphatic rings. The lowest BCUT2D eigenvalue weighted by Crippen LogP contribution is -2.00. The molecule has 0 aliphatic carbocycles. The monoisotopic (exact) mass is 198 g/mol. The highest BCUT2D eigenvalue weighted by Crippen LogP contribution is 2.25. The Hall–Kier alpha value is -1.82. The number of nitro benzene ring substituents is 1. The Balaban J connectivity index is 2.83. The van der Waals surface area contributed by atoms with Crippen molar-refractivity contribution in [2.45, 2.75) is 0 Å². The third kappa shape index (κ3) is 2.33. The molecule has 0 atom stereocenters. The van der Waals surface area contributed by atoms with Crippen LogP contribution < -0.4 is 10.5 Å². The van der Waals surface area contributed by atoms with Crippen LogP contribution in [-0.2, 0) is 4.74 Å². The summed E-state index contributed by atoms with van der Waals surface area (Å²) in [5.41, 5.74) is 5.37. The van der Waals surface area contributed by atoms with Gasteiger partial charge in [0.05, 0.1) is 4.92 Å². The van der Waals surface area contributed by atoms with Gasteiger partial charge in [-0.2, -0.15) is 0 Å². The van der Waals surface area contributed by atoms with Crippen molar-refractivity contribution in [2.75, 3.05) is 19.6 Å². The van der Waals surface area contributed by atoms with E-state index in [1.54, 1.807) is 0 Å². The third-order valence-electron chi connectivity index (χ3n) is 1.54. The minimum Gasteiger partial charge on any atom is -0.467 e. The minimum absolute atomic E-state index is 0.0728. The summed E-state index contributed by atoms with van der Waals surface area (Å²) in [6.07, 6.45) is 0. The summed E-state index contributed by atoms with van der Waals surface area (Å²) in [5, 5.41) is 10.4. The predicted molar refractivity (Wildman–Crippen MR) is 50.0 cm³/mol. The van der Waals surface area contributed by atoms with Gasteiger partial charge in [0, 0.05) is 19.2 Å². The molecule has 14 heavy (non-hydrogen) atoms. The average Bonchev–Trinajstić information content (AvgIpc) is 2.14. The molecule has 0 unspecified atom stereocenters. The minimum atomic E-state index is -0.546. The molecule has 0 heterocycles. The predicted octanol–water partition coefficient (Wildman–Crippen LogP) is 1.16. The van der Waals surface area contributed by atoms with Crippen LogP contribution >= 0.6 is 0 Å². The number of nitrogens with two attached hydrogens (primary N) is 1. The van der Waals surface area contributed by atoms with Gasteiger partial charge in [-0.15, -0.1) is 0 Å². The summed E-state index contributed by atoms with van der Waals surface area (Å²) in [5.74, 6) is 0.440. The van der Waals surface area contributed by atoms with Gasteiger partial charge in [-0.3, -0.25) is 10.1 Å². The van der Waals surface area contributed by atoms with E-state index in [1.807, 2.05) is 0 Å². The van der Waals surface area contributed by atoms with Crippen molar-refractivity contribution >= 4 is 11.4 Å². The number of nitrogens with zero attached hydrogens (tertiary/aromatic N) is 1. The number of hydrogen-bond acceptors (Lipinski definition) is 5. The van der Waals surface area contributed by atoms with E-state index < -0.39 is 4.92 Å². The van der Waals surface area contributed by atoms with Crippen molar-refractivity contribution in [1.29, 1.82) is 0 Å². The molecule has 6 heteroatoms. The molecule has 1 aromatic carbocycles. The Morgan fingerprint density at radius 3 is 2.79 bits per heavy atom. The average molecular weight is 198 g/mol. The molecule has 0 aromatic heterocycles. The first-order valence-electron chi connectivity index (χ1n) is 3.81. The molecule has 0 saturated heterocycles. The Morgan fingerprint density at radius 1 is 1.57 bits per heavy atom. The SMILES string of the molecule is COCOc1ccc([N+](=O)[O-])c(N)c1. The zero-order valence-electron chi connectivity index (χ0n) is 7.60. The molecule has 1 rings (SSSR count). The van der Waals surface area contributed by atoms with E-state index >= 15 is 0 Å². The molecule has 0 amide bonds. The van der Waals surface area contributed by atoms with Gasteiger partial charge >= 0.3 is 0 Å². The van der Waals surface area contributed by atoms with E-state index in [9.17, 15) is 10.1 Å². The first-order chi connectivity index (χ1) is 6.65. The van der Waals surface area contributed by atoms with Crippen LogP contribution in [0.15, 0.2) is 18.2 Å². The maximum atomic E-state index is 10.4. The highest BCUT2D eigenvalue weighted by atomic mass is 16.7. The van der Waals surface area contributed by atoms with Gasteiger partial charge in [0.15, 0.2) is 6.79 Å². The topological polar surface area (TPSA) is 87.6 Å². The number of hydrogen-bond donors (Lipinski definition) is 1. The van der Waals surface area contributed by atoms with Crippen LogP contribution in [0.1, 0.15) is 0 Å². The van der Waals surface area contributed by atoms with Crippen LogP contribution in [-0.4, -0.2) is 18.8 Å². The zero-order valence-corrected chi connectivity index (χ0v) is 7.60. The van der Waals surface area contributed by atoms with Crippen LogP contribution in [0.3, 0.4) is 0 Å². The number of benzene rings is 1. The van der Waals surface area contributed by atoms with Crippen LogP contribution in [0.4, 0.5) is 11.4 Å². The van der Waals surface area contributed by atoms with Gasteiger partial charge in [0.1, 0.15) is 11.4 Å². The van der Waals surface area contributed by atoms with E-state index in [0.29, 0.717) is 5.75 Å². The molecule has 2 N–H and O–H groups in total. The molecular formula is C8H10N2O4. The number of rotatable bonds is 4. The Bertz CT molecular complexity index is 340. The molecule has 6 nitrogen and oxygen atoms in total. The quantitative estimate of drug-likeness (QED) is 0.339. The van der Waals surface area contributed by atoms with Crippen molar-refractivity contribution in [3.8, 4) is 5.75 Å². The van der Waals surface area contributed by atoms with E-state index in [0.717, 1.165) is 0 Å². The fourth-order valence-corrected chi connectivity index (χ4v) is 0.916. The second-order valence-electron chi connectivity index (χ2n) is 2.53. The zero-order chi connectivity index (χ0) is 10.6. The lowest BCUT2D eigenvalue weighted by atomic mass is 10.2. The molecule has 0 saturated carbocycles. The van der Waals surface area contributed by atoms with Crippen molar-refractivity contribution < 1.29 is 14.4 Å². The molecule has 0 bridgehead atoms. The van der Waals surface area contributed by atoms with E-state index in [4.69, 9.17) is 10.5 Å². The maximum absolute atomic E-state index is 10.4. The Kier molecular flexibility index (Phi) is 3.24. The number of anilines is 1. The molecule has 1 aromatic rings. The van der Waals surface area contributed by atoms with Gasteiger partial charge in [-0.25, -0.2) is 0 Å². The van der Waals surface area contributed by atoms with Crippen LogP contribution in [0.2, 0.25) is 0 Å². The second kappa shape index (κ2) is 4.43. The van der Waals surface area contributed by atoms with Gasteiger partial charge in [0.25, 0.3) is 5.69 Å². The first kappa shape index (κ1) is 10.3. The lowest BCUT2D eigenvalue weighted by molar-refractivity contribution is -0.383. The summed E-state index contributed by atoms with van der Waals surface area (Å²) in [6.45, 7) is 0.0806. The van der Waals surface area contributed by atoms with Gasteiger partial charge in [-0.1, -0.05) is 0 Å². The van der Waals surface area contributed by atoms with Crippen molar-refractivity contribution in [3.05, 3.63) is 28.3 Å². The highest BCUT2D eigenvalue weighted by molar-refractivity contribution is 5.60. The van der Waals surface area contributed by atoms with Crippen molar-refractivity contribution in [3.63, 3.8) is 0 Å². The Morgan fingerprint density at radius 2 is 2.29 bits per heavy atom. The molecule has 0 spiro atoms. The standard InChI is InChI=1S/C8H10N2O4/c1-13-5-14-6-2-3-8(10(11)12)7(9)4-6/h2-4H,5,9H2,1H3. The number of methoxy groups -OCH3 is 1. The number of ether oxygens (including phenoxy) is 2. The molecule has 0 radical (unpaired) electrons. The summed E-state index contributed by atoms with van der Waals surface area (Å²) in [6, 6.07) is 4.14. The van der Waals surface area contributed by atoms with Crippen LogP contribution in [0, 0.1) is 10.1 Å². The van der Waals surface area contributed by atoms with Gasteiger partial charge in [0.2, 0.25) is 0 Å². The largest absolute Gasteiger partial charge is 0.467 e.